The van der Waals surface area contributed by atoms with Gasteiger partial charge < -0.3 is 5.32 Å². The number of hydrogen-bond acceptors (Lipinski definition) is 3. The van der Waals surface area contributed by atoms with Gasteiger partial charge in [-0.05, 0) is 42.5 Å². The van der Waals surface area contributed by atoms with Gasteiger partial charge in [0, 0.05) is 16.6 Å². The largest absolute Gasteiger partial charge is 0.325 e. The Bertz CT molecular complexity index is 883. The Kier molecular flexibility index (Phi) is 4.99. The van der Waals surface area contributed by atoms with E-state index in [0.717, 1.165) is 5.56 Å². The number of amides is 2. The van der Waals surface area contributed by atoms with E-state index in [1.807, 2.05) is 0 Å². The zero-order chi connectivity index (χ0) is 17.1. The molecule has 4 nitrogen and oxygen atoms in total. The summed E-state index contributed by atoms with van der Waals surface area (Å²) in [4.78, 5) is 16.3. The Morgan fingerprint density at radius 1 is 1.04 bits per heavy atom. The van der Waals surface area contributed by atoms with Gasteiger partial charge in [-0.1, -0.05) is 23.2 Å². The number of anilines is 2. The van der Waals surface area contributed by atoms with E-state index >= 15 is 0 Å². The molecule has 0 unspecified atom stereocenters. The van der Waals surface area contributed by atoms with Crippen LogP contribution in [0.3, 0.4) is 0 Å². The molecule has 2 amide bonds. The first-order valence-electron chi connectivity index (χ1n) is 6.76. The van der Waals surface area contributed by atoms with Crippen molar-refractivity contribution in [1.82, 2.24) is 4.98 Å². The predicted octanol–water partition coefficient (Wildman–Crippen LogP) is 5.90. The maximum atomic E-state index is 12.9. The molecule has 0 aliphatic heterocycles. The number of benzene rings is 2. The summed E-state index contributed by atoms with van der Waals surface area (Å²) in [5.74, 6) is -0.312. The zero-order valence-corrected chi connectivity index (χ0v) is 14.3. The molecule has 0 saturated carbocycles. The summed E-state index contributed by atoms with van der Waals surface area (Å²) in [5.41, 5.74) is 1.94. The third kappa shape index (κ3) is 4.03. The van der Waals surface area contributed by atoms with E-state index < -0.39 is 6.03 Å². The van der Waals surface area contributed by atoms with Crippen molar-refractivity contribution in [2.45, 2.75) is 0 Å². The van der Waals surface area contributed by atoms with E-state index in [9.17, 15) is 9.18 Å². The van der Waals surface area contributed by atoms with Crippen LogP contribution < -0.4 is 10.6 Å². The number of nitrogens with zero attached hydrogens (tertiary/aromatic N) is 1. The van der Waals surface area contributed by atoms with Crippen molar-refractivity contribution >= 4 is 51.4 Å². The standard InChI is InChI=1S/C16H10Cl2FN3OS/c17-12-6-5-11(7-13(12)18)20-15(23)22-16-21-14(8-24-16)9-1-3-10(19)4-2-9/h1-8H,(H2,20,21,22,23). The van der Waals surface area contributed by atoms with Crippen molar-refractivity contribution in [3.05, 3.63) is 63.7 Å². The minimum Gasteiger partial charge on any atom is -0.308 e. The van der Waals surface area contributed by atoms with Crippen LogP contribution in [-0.4, -0.2) is 11.0 Å². The van der Waals surface area contributed by atoms with E-state index in [4.69, 9.17) is 23.2 Å². The van der Waals surface area contributed by atoms with Gasteiger partial charge in [0.25, 0.3) is 0 Å². The van der Waals surface area contributed by atoms with Gasteiger partial charge in [-0.2, -0.15) is 0 Å². The number of halogens is 3. The second-order valence-corrected chi connectivity index (χ2v) is 6.43. The molecular formula is C16H10Cl2FN3OS. The Morgan fingerprint density at radius 3 is 2.50 bits per heavy atom. The van der Waals surface area contributed by atoms with Crippen molar-refractivity contribution in [3.8, 4) is 11.3 Å². The van der Waals surface area contributed by atoms with E-state index in [-0.39, 0.29) is 5.82 Å². The van der Waals surface area contributed by atoms with E-state index in [1.54, 1.807) is 35.7 Å². The molecule has 8 heteroatoms. The molecule has 0 bridgehead atoms. The molecular weight excluding hydrogens is 372 g/mol. The predicted molar refractivity (Wildman–Crippen MR) is 96.6 cm³/mol. The molecule has 3 aromatic rings. The fraction of sp³-hybridized carbons (Fsp3) is 0. The highest BCUT2D eigenvalue weighted by Gasteiger charge is 2.09. The van der Waals surface area contributed by atoms with Crippen LogP contribution >= 0.6 is 34.5 Å². The maximum Gasteiger partial charge on any atom is 0.325 e. The molecule has 0 aliphatic rings. The minimum absolute atomic E-state index is 0.312. The molecule has 2 aromatic carbocycles. The highest BCUT2D eigenvalue weighted by Crippen LogP contribution is 2.26. The smallest absolute Gasteiger partial charge is 0.308 e. The summed E-state index contributed by atoms with van der Waals surface area (Å²) in [5, 5.41) is 8.23. The molecule has 0 aliphatic carbocycles. The number of urea groups is 1. The third-order valence-electron chi connectivity index (χ3n) is 3.04. The van der Waals surface area contributed by atoms with E-state index in [0.29, 0.717) is 26.6 Å². The maximum absolute atomic E-state index is 12.9. The van der Waals surface area contributed by atoms with Crippen LogP contribution in [0.1, 0.15) is 0 Å². The Labute approximate surface area is 151 Å². The number of aromatic nitrogens is 1. The number of nitrogens with one attached hydrogen (secondary N) is 2. The zero-order valence-electron chi connectivity index (χ0n) is 12.0. The second-order valence-electron chi connectivity index (χ2n) is 4.75. The van der Waals surface area contributed by atoms with Crippen molar-refractivity contribution in [1.29, 1.82) is 0 Å². The molecule has 1 heterocycles. The lowest BCUT2D eigenvalue weighted by Gasteiger charge is -2.06. The highest BCUT2D eigenvalue weighted by atomic mass is 35.5. The number of carbonyl (C=O) groups is 1. The van der Waals surface area contributed by atoms with Gasteiger partial charge in [0.05, 0.1) is 15.7 Å². The highest BCUT2D eigenvalue weighted by molar-refractivity contribution is 7.14. The van der Waals surface area contributed by atoms with Gasteiger partial charge in [-0.3, -0.25) is 5.32 Å². The summed E-state index contributed by atoms with van der Waals surface area (Å²) in [7, 11) is 0. The topological polar surface area (TPSA) is 54.0 Å². The van der Waals surface area contributed by atoms with Gasteiger partial charge >= 0.3 is 6.03 Å². The van der Waals surface area contributed by atoms with Gasteiger partial charge in [0.1, 0.15) is 5.82 Å². The van der Waals surface area contributed by atoms with E-state index in [1.165, 1.54) is 23.5 Å². The van der Waals surface area contributed by atoms with Gasteiger partial charge in [0.15, 0.2) is 5.13 Å². The lowest BCUT2D eigenvalue weighted by atomic mass is 10.2. The van der Waals surface area contributed by atoms with Crippen LogP contribution in [0.2, 0.25) is 10.0 Å². The van der Waals surface area contributed by atoms with Crippen LogP contribution in [0.25, 0.3) is 11.3 Å². The first-order chi connectivity index (χ1) is 11.5. The summed E-state index contributed by atoms with van der Waals surface area (Å²) >= 11 is 13.0. The van der Waals surface area contributed by atoms with Gasteiger partial charge in [0.2, 0.25) is 0 Å². The lowest BCUT2D eigenvalue weighted by molar-refractivity contribution is 0.262. The van der Waals surface area contributed by atoms with Crippen LogP contribution in [0.15, 0.2) is 47.8 Å². The first-order valence-corrected chi connectivity index (χ1v) is 8.39. The Hall–Kier alpha value is -2.15. The summed E-state index contributed by atoms with van der Waals surface area (Å²) in [6, 6.07) is 10.3. The fourth-order valence-corrected chi connectivity index (χ4v) is 2.93. The number of hydrogen-bond donors (Lipinski definition) is 2. The number of carbonyl (C=O) groups excluding carboxylic acids is 1. The molecule has 0 saturated heterocycles. The summed E-state index contributed by atoms with van der Waals surface area (Å²) in [6.07, 6.45) is 0. The quantitative estimate of drug-likeness (QED) is 0.593. The van der Waals surface area contributed by atoms with Crippen LogP contribution in [-0.2, 0) is 0 Å². The molecule has 0 radical (unpaired) electrons. The van der Waals surface area contributed by atoms with Crippen LogP contribution in [0.5, 0.6) is 0 Å². The average molecular weight is 382 g/mol. The van der Waals surface area contributed by atoms with Gasteiger partial charge in [-0.15, -0.1) is 11.3 Å². The van der Waals surface area contributed by atoms with Crippen molar-refractivity contribution in [2.75, 3.05) is 10.6 Å². The summed E-state index contributed by atoms with van der Waals surface area (Å²) < 4.78 is 12.9. The lowest BCUT2D eigenvalue weighted by Crippen LogP contribution is -2.19. The Balaban J connectivity index is 1.66. The normalized spacial score (nSPS) is 10.5. The SMILES string of the molecule is O=C(Nc1ccc(Cl)c(Cl)c1)Nc1nc(-c2ccc(F)cc2)cs1. The number of thiazole rings is 1. The molecule has 1 aromatic heterocycles. The van der Waals surface area contributed by atoms with Crippen molar-refractivity contribution < 1.29 is 9.18 Å². The molecule has 3 rings (SSSR count). The minimum atomic E-state index is -0.451. The molecule has 0 fully saturated rings. The fourth-order valence-electron chi connectivity index (χ4n) is 1.92. The Morgan fingerprint density at radius 2 is 1.79 bits per heavy atom. The molecule has 2 N–H and O–H groups in total. The van der Waals surface area contributed by atoms with Crippen molar-refractivity contribution in [2.24, 2.45) is 0 Å². The molecule has 0 atom stereocenters. The monoisotopic (exact) mass is 381 g/mol. The van der Waals surface area contributed by atoms with Gasteiger partial charge in [-0.25, -0.2) is 14.2 Å². The van der Waals surface area contributed by atoms with Crippen molar-refractivity contribution in [3.63, 3.8) is 0 Å². The van der Waals surface area contributed by atoms with Crippen LogP contribution in [0, 0.1) is 5.82 Å². The molecule has 0 spiro atoms. The number of rotatable bonds is 3. The first kappa shape index (κ1) is 16.7. The van der Waals surface area contributed by atoms with E-state index in [2.05, 4.69) is 15.6 Å². The van der Waals surface area contributed by atoms with Crippen LogP contribution in [0.4, 0.5) is 20.0 Å². The average Bonchev–Trinajstić information content (AvgIpc) is 3.00. The summed E-state index contributed by atoms with van der Waals surface area (Å²) in [6.45, 7) is 0. The third-order valence-corrected chi connectivity index (χ3v) is 4.54. The second kappa shape index (κ2) is 7.17. The molecule has 24 heavy (non-hydrogen) atoms. The molecule has 122 valence electrons.